The summed E-state index contributed by atoms with van der Waals surface area (Å²) in [6, 6.07) is 18.3. The monoisotopic (exact) mass is 401 g/mol. The minimum atomic E-state index is -0.650. The highest BCUT2D eigenvalue weighted by molar-refractivity contribution is 5.99. The molecule has 4 rings (SSSR count). The van der Waals surface area contributed by atoms with Gasteiger partial charge in [0.05, 0.1) is 12.0 Å². The molecule has 0 aromatic heterocycles. The molecule has 0 radical (unpaired) electrons. The van der Waals surface area contributed by atoms with E-state index in [1.165, 1.54) is 4.90 Å². The maximum Gasteiger partial charge on any atom is 0.231 e. The van der Waals surface area contributed by atoms with Crippen molar-refractivity contribution in [3.05, 3.63) is 89.5 Å². The highest BCUT2D eigenvalue weighted by Gasteiger charge is 2.37. The molecule has 1 aliphatic carbocycles. The van der Waals surface area contributed by atoms with Crippen molar-refractivity contribution in [2.24, 2.45) is 10.7 Å². The number of guanidine groups is 1. The highest BCUT2D eigenvalue weighted by Crippen LogP contribution is 2.39. The van der Waals surface area contributed by atoms with Gasteiger partial charge in [-0.3, -0.25) is 9.69 Å². The van der Waals surface area contributed by atoms with Crippen LogP contribution in [0.5, 0.6) is 5.75 Å². The van der Waals surface area contributed by atoms with Crippen LogP contribution in [0.4, 0.5) is 0 Å². The molecule has 1 heterocycles. The number of allylic oxidation sites excluding steroid dienone is 2. The van der Waals surface area contributed by atoms with E-state index in [2.05, 4.69) is 41.4 Å². The van der Waals surface area contributed by atoms with E-state index in [1.807, 2.05) is 43.3 Å². The lowest BCUT2D eigenvalue weighted by atomic mass is 9.80. The van der Waals surface area contributed by atoms with E-state index in [4.69, 9.17) is 10.5 Å². The van der Waals surface area contributed by atoms with Crippen molar-refractivity contribution in [2.75, 3.05) is 7.05 Å². The van der Waals surface area contributed by atoms with Crippen LogP contribution in [0, 0.1) is 0 Å². The lowest BCUT2D eigenvalue weighted by Crippen LogP contribution is -2.49. The third kappa shape index (κ3) is 4.01. The minimum Gasteiger partial charge on any atom is -0.489 e. The average Bonchev–Trinajstić information content (AvgIpc) is 2.77. The molecule has 0 fully saturated rings. The number of benzene rings is 2. The molecule has 5 heteroatoms. The van der Waals surface area contributed by atoms with Gasteiger partial charge in [-0.2, -0.15) is 0 Å². The summed E-state index contributed by atoms with van der Waals surface area (Å²) >= 11 is 0. The topological polar surface area (TPSA) is 67.9 Å². The predicted molar refractivity (Wildman–Crippen MR) is 119 cm³/mol. The van der Waals surface area contributed by atoms with Gasteiger partial charge in [0.2, 0.25) is 5.91 Å². The second-order valence-electron chi connectivity index (χ2n) is 8.05. The van der Waals surface area contributed by atoms with E-state index in [-0.39, 0.29) is 17.8 Å². The number of carbonyl (C=O) groups excluding carboxylic acids is 1. The zero-order valence-corrected chi connectivity index (χ0v) is 17.4. The summed E-state index contributed by atoms with van der Waals surface area (Å²) in [5, 5.41) is 0. The van der Waals surface area contributed by atoms with E-state index in [0.29, 0.717) is 13.0 Å². The van der Waals surface area contributed by atoms with E-state index >= 15 is 0 Å². The van der Waals surface area contributed by atoms with Crippen LogP contribution in [-0.2, 0) is 11.4 Å². The maximum absolute atomic E-state index is 12.4. The van der Waals surface area contributed by atoms with Crippen molar-refractivity contribution < 1.29 is 9.53 Å². The Morgan fingerprint density at radius 2 is 1.90 bits per heavy atom. The molecule has 1 aliphatic heterocycles. The fourth-order valence-corrected chi connectivity index (χ4v) is 3.99. The first-order chi connectivity index (χ1) is 14.5. The van der Waals surface area contributed by atoms with Gasteiger partial charge in [-0.25, -0.2) is 4.99 Å². The van der Waals surface area contributed by atoms with Crippen molar-refractivity contribution in [3.8, 4) is 5.75 Å². The number of hydrogen-bond donors (Lipinski definition) is 1. The van der Waals surface area contributed by atoms with Crippen LogP contribution in [0.1, 0.15) is 36.8 Å². The summed E-state index contributed by atoms with van der Waals surface area (Å²) in [5.74, 6) is 1.27. The lowest BCUT2D eigenvalue weighted by Gasteiger charge is -2.35. The van der Waals surface area contributed by atoms with E-state index in [1.54, 1.807) is 7.05 Å². The zero-order chi connectivity index (χ0) is 21.1. The number of hydrogen-bond acceptors (Lipinski definition) is 4. The Morgan fingerprint density at radius 1 is 1.17 bits per heavy atom. The quantitative estimate of drug-likeness (QED) is 0.818. The van der Waals surface area contributed by atoms with Crippen molar-refractivity contribution >= 4 is 11.9 Å². The molecular weight excluding hydrogens is 374 g/mol. The largest absolute Gasteiger partial charge is 0.489 e. The molecule has 154 valence electrons. The van der Waals surface area contributed by atoms with Crippen LogP contribution < -0.4 is 10.5 Å². The average molecular weight is 402 g/mol. The molecule has 2 aromatic carbocycles. The Morgan fingerprint density at radius 3 is 2.67 bits per heavy atom. The number of rotatable bonds is 5. The first-order valence-corrected chi connectivity index (χ1v) is 10.2. The summed E-state index contributed by atoms with van der Waals surface area (Å²) < 4.78 is 6.17. The molecule has 5 nitrogen and oxygen atoms in total. The maximum atomic E-state index is 12.4. The van der Waals surface area contributed by atoms with Crippen LogP contribution in [0.25, 0.3) is 0 Å². The summed E-state index contributed by atoms with van der Waals surface area (Å²) in [5.41, 5.74) is 8.63. The highest BCUT2D eigenvalue weighted by atomic mass is 16.5. The summed E-state index contributed by atoms with van der Waals surface area (Å²) in [6.07, 6.45) is 7.60. The molecule has 0 spiro atoms. The van der Waals surface area contributed by atoms with Crippen LogP contribution >= 0.6 is 0 Å². The second kappa shape index (κ2) is 8.19. The number of aliphatic imine (C=N–C) groups is 1. The molecule has 1 amide bonds. The van der Waals surface area contributed by atoms with E-state index < -0.39 is 5.54 Å². The first kappa shape index (κ1) is 20.0. The Kier molecular flexibility index (Phi) is 5.44. The molecule has 2 N–H and O–H groups in total. The Labute approximate surface area is 177 Å². The van der Waals surface area contributed by atoms with Gasteiger partial charge >= 0.3 is 0 Å². The fraction of sp³-hybridized carbons (Fsp3) is 0.280. The third-order valence-electron chi connectivity index (χ3n) is 5.82. The van der Waals surface area contributed by atoms with Crippen LogP contribution in [-0.4, -0.2) is 29.4 Å². The smallest absolute Gasteiger partial charge is 0.231 e. The normalized spacial score (nSPS) is 23.7. The van der Waals surface area contributed by atoms with Gasteiger partial charge in [0.15, 0.2) is 5.96 Å². The standard InChI is InChI=1S/C25H27N3O2/c1-25(16-23(29)28(2)24(26)27-25)20-12-8-11-19(15-20)21-13-6-7-14-22(21)30-17-18-9-4-3-5-10-18/h3-10,12-15,19H,11,16-17H2,1-2H3,(H2,26,27). The Hall–Kier alpha value is -3.34. The van der Waals surface area contributed by atoms with E-state index in [0.717, 1.165) is 28.9 Å². The molecular formula is C25H27N3O2. The molecule has 2 unspecified atom stereocenters. The molecule has 2 atom stereocenters. The van der Waals surface area contributed by atoms with E-state index in [9.17, 15) is 4.79 Å². The minimum absolute atomic E-state index is 0.0204. The van der Waals surface area contributed by atoms with Gasteiger partial charge in [0.25, 0.3) is 0 Å². The summed E-state index contributed by atoms with van der Waals surface area (Å²) in [6.45, 7) is 2.50. The van der Waals surface area contributed by atoms with Gasteiger partial charge in [0, 0.05) is 18.5 Å². The molecule has 2 aromatic rings. The van der Waals surface area contributed by atoms with Crippen molar-refractivity contribution in [1.82, 2.24) is 4.90 Å². The van der Waals surface area contributed by atoms with Crippen molar-refractivity contribution in [1.29, 1.82) is 0 Å². The van der Waals surface area contributed by atoms with Gasteiger partial charge in [-0.05, 0) is 30.5 Å². The second-order valence-corrected chi connectivity index (χ2v) is 8.05. The summed E-state index contributed by atoms with van der Waals surface area (Å²) in [4.78, 5) is 18.4. The van der Waals surface area contributed by atoms with Crippen molar-refractivity contribution in [2.45, 2.75) is 37.8 Å². The van der Waals surface area contributed by atoms with Gasteiger partial charge in [-0.1, -0.05) is 66.8 Å². The number of para-hydroxylation sites is 1. The molecule has 30 heavy (non-hydrogen) atoms. The van der Waals surface area contributed by atoms with Gasteiger partial charge < -0.3 is 10.5 Å². The predicted octanol–water partition coefficient (Wildman–Crippen LogP) is 4.17. The van der Waals surface area contributed by atoms with Crippen LogP contribution in [0.3, 0.4) is 0 Å². The number of nitrogens with zero attached hydrogens (tertiary/aromatic N) is 2. The van der Waals surface area contributed by atoms with Crippen LogP contribution in [0.15, 0.2) is 83.4 Å². The van der Waals surface area contributed by atoms with Crippen molar-refractivity contribution in [3.63, 3.8) is 0 Å². The van der Waals surface area contributed by atoms with Gasteiger partial charge in [-0.15, -0.1) is 0 Å². The number of nitrogens with two attached hydrogens (primary N) is 1. The van der Waals surface area contributed by atoms with Crippen LogP contribution in [0.2, 0.25) is 0 Å². The number of ether oxygens (including phenoxy) is 1. The SMILES string of the molecule is CN1C(=O)CC(C)(C2=CC(c3ccccc3OCc3ccccc3)CC=C2)N=C1N. The molecule has 0 saturated carbocycles. The third-order valence-corrected chi connectivity index (χ3v) is 5.82. The Bertz CT molecular complexity index is 1030. The molecule has 0 saturated heterocycles. The summed E-state index contributed by atoms with van der Waals surface area (Å²) in [7, 11) is 1.66. The Balaban J connectivity index is 1.60. The lowest BCUT2D eigenvalue weighted by molar-refractivity contribution is -0.128. The molecule has 2 aliphatic rings. The number of amides is 1. The zero-order valence-electron chi connectivity index (χ0n) is 17.4. The van der Waals surface area contributed by atoms with Gasteiger partial charge in [0.1, 0.15) is 12.4 Å². The number of carbonyl (C=O) groups is 1. The first-order valence-electron chi connectivity index (χ1n) is 10.2. The molecule has 0 bridgehead atoms. The fourth-order valence-electron chi connectivity index (χ4n) is 3.99.